The number of alkyl halides is 2. The first-order valence-electron chi connectivity index (χ1n) is 11.5. The van der Waals surface area contributed by atoms with E-state index in [1.165, 1.54) is 46.1 Å². The molecule has 11 heteroatoms. The second-order valence-electron chi connectivity index (χ2n) is 8.74. The molecule has 8 nitrogen and oxygen atoms in total. The van der Waals surface area contributed by atoms with Gasteiger partial charge in [0.1, 0.15) is 17.2 Å². The lowest BCUT2D eigenvalue weighted by Gasteiger charge is -2.34. The molecular weight excluding hydrogens is 497 g/mol. The van der Waals surface area contributed by atoms with Crippen LogP contribution in [0.25, 0.3) is 0 Å². The number of carbonyl (C=O) groups is 2. The average molecular weight is 516 g/mol. The monoisotopic (exact) mass is 516 g/mol. The third-order valence-corrected chi connectivity index (χ3v) is 6.19. The predicted molar refractivity (Wildman–Crippen MR) is 131 cm³/mol. The number of carbonyl (C=O) groups excluding carboxylic acids is 2. The highest BCUT2D eigenvalue weighted by molar-refractivity contribution is 6.15. The molecular formula is C27H19F3N6O2. The van der Waals surface area contributed by atoms with E-state index in [0.29, 0.717) is 16.9 Å². The van der Waals surface area contributed by atoms with Crippen molar-refractivity contribution in [3.05, 3.63) is 107 Å². The van der Waals surface area contributed by atoms with Crippen LogP contribution in [0.2, 0.25) is 0 Å². The first-order chi connectivity index (χ1) is 18.2. The zero-order chi connectivity index (χ0) is 27.0. The Morgan fingerprint density at radius 1 is 1.13 bits per heavy atom. The summed E-state index contributed by atoms with van der Waals surface area (Å²) in [7, 11) is 0. The molecule has 4 aromatic rings. The molecule has 5 rings (SSSR count). The van der Waals surface area contributed by atoms with Gasteiger partial charge in [-0.3, -0.25) is 19.3 Å². The number of halogens is 3. The maximum Gasteiger partial charge on any atom is 0.314 e. The van der Waals surface area contributed by atoms with Crippen LogP contribution < -0.4 is 10.2 Å². The number of nitrogens with zero attached hydrogens (tertiary/aromatic N) is 5. The van der Waals surface area contributed by atoms with E-state index in [1.807, 2.05) is 6.07 Å². The van der Waals surface area contributed by atoms with Gasteiger partial charge in [0.05, 0.1) is 42.2 Å². The number of hydrogen-bond donors (Lipinski definition) is 1. The highest BCUT2D eigenvalue weighted by atomic mass is 19.3. The van der Waals surface area contributed by atoms with E-state index in [1.54, 1.807) is 25.1 Å². The predicted octanol–water partition coefficient (Wildman–Crippen LogP) is 4.73. The lowest BCUT2D eigenvalue weighted by Crippen LogP contribution is -2.47. The van der Waals surface area contributed by atoms with E-state index in [0.717, 1.165) is 18.3 Å². The number of nitrogens with one attached hydrogen (secondary N) is 1. The normalized spacial score (nSPS) is 15.1. The Morgan fingerprint density at radius 3 is 2.58 bits per heavy atom. The minimum absolute atomic E-state index is 0.0415. The van der Waals surface area contributed by atoms with Gasteiger partial charge in [0.25, 0.3) is 11.8 Å². The Morgan fingerprint density at radius 2 is 1.89 bits per heavy atom. The first kappa shape index (κ1) is 24.7. The molecule has 1 aliphatic heterocycles. The molecule has 2 amide bonds. The minimum atomic E-state index is -3.48. The molecule has 1 atom stereocenters. The molecule has 0 fully saturated rings. The number of amides is 2. The van der Waals surface area contributed by atoms with Crippen LogP contribution in [0.5, 0.6) is 0 Å². The second kappa shape index (κ2) is 9.48. The quantitative estimate of drug-likeness (QED) is 0.413. The number of rotatable bonds is 5. The number of benzene rings is 2. The summed E-state index contributed by atoms with van der Waals surface area (Å²) in [5.41, 5.74) is 0.224. The number of nitriles is 1. The summed E-state index contributed by atoms with van der Waals surface area (Å²) in [6.07, 6.45) is 2.02. The van der Waals surface area contributed by atoms with E-state index in [2.05, 4.69) is 15.4 Å². The Labute approximate surface area is 215 Å². The number of aromatic nitrogens is 3. The summed E-state index contributed by atoms with van der Waals surface area (Å²) in [6, 6.07) is 14.9. The maximum atomic E-state index is 14.9. The van der Waals surface area contributed by atoms with Gasteiger partial charge in [-0.15, -0.1) is 0 Å². The van der Waals surface area contributed by atoms with Crippen LogP contribution in [0.15, 0.2) is 73.1 Å². The summed E-state index contributed by atoms with van der Waals surface area (Å²) < 4.78 is 44.4. The number of anilines is 2. The summed E-state index contributed by atoms with van der Waals surface area (Å²) in [5, 5.41) is 15.9. The summed E-state index contributed by atoms with van der Waals surface area (Å²) >= 11 is 0. The zero-order valence-electron chi connectivity index (χ0n) is 19.9. The van der Waals surface area contributed by atoms with Crippen molar-refractivity contribution in [3.63, 3.8) is 0 Å². The van der Waals surface area contributed by atoms with Gasteiger partial charge < -0.3 is 10.2 Å². The van der Waals surface area contributed by atoms with Crippen molar-refractivity contribution in [2.45, 2.75) is 25.4 Å². The number of hydrogen-bond acceptors (Lipinski definition) is 5. The van der Waals surface area contributed by atoms with Gasteiger partial charge in [-0.05, 0) is 49.4 Å². The van der Waals surface area contributed by atoms with Crippen LogP contribution in [0.1, 0.15) is 44.6 Å². The van der Waals surface area contributed by atoms with Crippen LogP contribution in [0.3, 0.4) is 0 Å². The first-order valence-corrected chi connectivity index (χ1v) is 11.5. The molecule has 190 valence electrons. The van der Waals surface area contributed by atoms with Crippen molar-refractivity contribution in [1.29, 1.82) is 5.26 Å². The fourth-order valence-electron chi connectivity index (χ4n) is 4.34. The Balaban J connectivity index is 1.41. The molecule has 38 heavy (non-hydrogen) atoms. The maximum absolute atomic E-state index is 14.9. The van der Waals surface area contributed by atoms with E-state index < -0.39 is 29.2 Å². The molecule has 2 aromatic carbocycles. The van der Waals surface area contributed by atoms with E-state index >= 15 is 0 Å². The molecule has 0 spiro atoms. The van der Waals surface area contributed by atoms with Crippen LogP contribution in [-0.4, -0.2) is 32.6 Å². The van der Waals surface area contributed by atoms with Crippen molar-refractivity contribution in [2.24, 2.45) is 0 Å². The lowest BCUT2D eigenvalue weighted by molar-refractivity contribution is 0.0379. The summed E-state index contributed by atoms with van der Waals surface area (Å²) in [4.78, 5) is 31.5. The topological polar surface area (TPSA) is 104 Å². The van der Waals surface area contributed by atoms with E-state index in [-0.39, 0.29) is 29.4 Å². The van der Waals surface area contributed by atoms with Crippen LogP contribution >= 0.6 is 0 Å². The Hall–Kier alpha value is -4.98. The molecule has 0 bridgehead atoms. The smallest absolute Gasteiger partial charge is 0.314 e. The summed E-state index contributed by atoms with van der Waals surface area (Å²) in [6.45, 7) is 2.05. The fourth-order valence-corrected chi connectivity index (χ4v) is 4.34. The lowest BCUT2D eigenvalue weighted by atomic mass is 10.0. The third-order valence-electron chi connectivity index (χ3n) is 6.19. The minimum Gasteiger partial charge on any atom is -0.322 e. The number of pyridine rings is 1. The zero-order valence-corrected chi connectivity index (χ0v) is 19.9. The van der Waals surface area contributed by atoms with Gasteiger partial charge in [-0.25, -0.2) is 4.39 Å². The highest BCUT2D eigenvalue weighted by Gasteiger charge is 2.38. The van der Waals surface area contributed by atoms with Crippen molar-refractivity contribution in [3.8, 4) is 6.07 Å². The van der Waals surface area contributed by atoms with Crippen molar-refractivity contribution in [1.82, 2.24) is 14.8 Å². The molecule has 1 N–H and O–H groups in total. The largest absolute Gasteiger partial charge is 0.322 e. The van der Waals surface area contributed by atoms with Gasteiger partial charge in [0.15, 0.2) is 0 Å². The third kappa shape index (κ3) is 4.37. The Bertz CT molecular complexity index is 1580. The van der Waals surface area contributed by atoms with Crippen molar-refractivity contribution < 1.29 is 22.8 Å². The molecule has 2 aromatic heterocycles. The van der Waals surface area contributed by atoms with Crippen molar-refractivity contribution >= 4 is 23.2 Å². The van der Waals surface area contributed by atoms with Crippen molar-refractivity contribution in [2.75, 3.05) is 10.2 Å². The second-order valence-corrected chi connectivity index (χ2v) is 8.74. The van der Waals surface area contributed by atoms with Crippen LogP contribution in [-0.2, 0) is 12.5 Å². The van der Waals surface area contributed by atoms with Gasteiger partial charge >= 0.3 is 5.92 Å². The van der Waals surface area contributed by atoms with E-state index in [9.17, 15) is 22.8 Å². The molecule has 0 saturated heterocycles. The average Bonchev–Trinajstić information content (AvgIpc) is 3.33. The fraction of sp³-hybridized carbons (Fsp3) is 0.148. The molecule has 0 unspecified atom stereocenters. The van der Waals surface area contributed by atoms with Gasteiger partial charge in [-0.2, -0.15) is 19.1 Å². The highest BCUT2D eigenvalue weighted by Crippen LogP contribution is 2.36. The SMILES string of the molecule is C[C@H]1Cn2ncc(C(=O)Nc3cccc(C#N)c3)c2C(=O)N1c1ccc(C(F)(F)c2ccc(F)cn2)cc1. The van der Waals surface area contributed by atoms with Gasteiger partial charge in [0.2, 0.25) is 0 Å². The molecule has 3 heterocycles. The van der Waals surface area contributed by atoms with E-state index in [4.69, 9.17) is 5.26 Å². The molecule has 0 aliphatic carbocycles. The molecule has 0 saturated carbocycles. The molecule has 0 radical (unpaired) electrons. The number of fused-ring (bicyclic) bond motifs is 1. The van der Waals surface area contributed by atoms with Crippen LogP contribution in [0, 0.1) is 17.1 Å². The summed E-state index contributed by atoms with van der Waals surface area (Å²) in [5.74, 6) is -5.29. The van der Waals surface area contributed by atoms with Gasteiger partial charge in [0, 0.05) is 16.9 Å². The standard InChI is InChI=1S/C27H19F3N6O2/c1-16-15-35-24(22(14-33-35)25(37)34-20-4-2-3-17(11-20)12-31)26(38)36(16)21-8-5-18(6-9-21)27(29,30)23-10-7-19(28)13-32-23/h2-11,13-14,16H,15H2,1H3,(H,34,37)/t16-/m0/s1. The molecule has 1 aliphatic rings. The Kier molecular flexibility index (Phi) is 6.16. The van der Waals surface area contributed by atoms with Gasteiger partial charge in [-0.1, -0.05) is 18.2 Å². The van der Waals surface area contributed by atoms with Crippen LogP contribution in [0.4, 0.5) is 24.5 Å².